The Labute approximate surface area is 109 Å². The van der Waals surface area contributed by atoms with Gasteiger partial charge in [0.25, 0.3) is 0 Å². The van der Waals surface area contributed by atoms with Crippen LogP contribution in [0.4, 0.5) is 5.95 Å². The van der Waals surface area contributed by atoms with Crippen LogP contribution in [0, 0.1) is 11.3 Å². The Morgan fingerprint density at radius 1 is 1.39 bits per heavy atom. The second-order valence-corrected chi connectivity index (χ2v) is 3.82. The summed E-state index contributed by atoms with van der Waals surface area (Å²) < 4.78 is 5.23. The molecular formula is C12H9ClN4O. The molecule has 1 aromatic heterocycles. The number of benzene rings is 1. The van der Waals surface area contributed by atoms with Crippen molar-refractivity contribution < 1.29 is 4.74 Å². The van der Waals surface area contributed by atoms with Crippen molar-refractivity contribution in [2.75, 3.05) is 12.8 Å². The number of methoxy groups -OCH3 is 1. The molecule has 0 aliphatic rings. The van der Waals surface area contributed by atoms with E-state index >= 15 is 0 Å². The van der Waals surface area contributed by atoms with Crippen LogP contribution in [0.25, 0.3) is 11.3 Å². The van der Waals surface area contributed by atoms with Gasteiger partial charge in [0.2, 0.25) is 5.95 Å². The van der Waals surface area contributed by atoms with Gasteiger partial charge >= 0.3 is 0 Å². The molecule has 5 nitrogen and oxygen atoms in total. The average Bonchev–Trinajstić information content (AvgIpc) is 2.36. The van der Waals surface area contributed by atoms with E-state index in [2.05, 4.69) is 16.0 Å². The van der Waals surface area contributed by atoms with E-state index in [1.807, 2.05) is 0 Å². The lowest BCUT2D eigenvalue weighted by molar-refractivity contribution is 0.415. The van der Waals surface area contributed by atoms with Gasteiger partial charge in [-0.05, 0) is 12.1 Å². The van der Waals surface area contributed by atoms with Crippen molar-refractivity contribution in [3.8, 4) is 23.1 Å². The third kappa shape index (κ3) is 2.19. The van der Waals surface area contributed by atoms with E-state index in [0.29, 0.717) is 22.6 Å². The van der Waals surface area contributed by atoms with Crippen molar-refractivity contribution in [3.05, 3.63) is 35.0 Å². The Bertz CT molecular complexity index is 616. The summed E-state index contributed by atoms with van der Waals surface area (Å²) in [5.41, 5.74) is 7.13. The highest BCUT2D eigenvalue weighted by atomic mass is 35.5. The number of para-hydroxylation sites is 1. The summed E-state index contributed by atoms with van der Waals surface area (Å²) in [6.07, 6.45) is 0. The molecule has 1 aromatic carbocycles. The van der Waals surface area contributed by atoms with Crippen LogP contribution in [0.3, 0.4) is 0 Å². The van der Waals surface area contributed by atoms with Gasteiger partial charge < -0.3 is 10.5 Å². The predicted octanol–water partition coefficient (Wildman–Crippen LogP) is 2.26. The molecule has 0 spiro atoms. The fraction of sp³-hybridized carbons (Fsp3) is 0.0833. The lowest BCUT2D eigenvalue weighted by atomic mass is 10.1. The molecule has 1 heterocycles. The molecule has 0 aliphatic carbocycles. The highest BCUT2D eigenvalue weighted by Gasteiger charge is 2.13. The van der Waals surface area contributed by atoms with Gasteiger partial charge in [-0.15, -0.1) is 0 Å². The van der Waals surface area contributed by atoms with Gasteiger partial charge in [0.05, 0.1) is 18.4 Å². The highest BCUT2D eigenvalue weighted by molar-refractivity contribution is 6.29. The summed E-state index contributed by atoms with van der Waals surface area (Å²) in [7, 11) is 1.49. The molecule has 2 rings (SSSR count). The van der Waals surface area contributed by atoms with Crippen LogP contribution in [-0.2, 0) is 0 Å². The lowest BCUT2D eigenvalue weighted by Gasteiger charge is -2.09. The Kier molecular flexibility index (Phi) is 3.31. The molecule has 2 aromatic rings. The van der Waals surface area contributed by atoms with Crippen LogP contribution >= 0.6 is 11.6 Å². The van der Waals surface area contributed by atoms with Crippen molar-refractivity contribution in [3.63, 3.8) is 0 Å². The minimum absolute atomic E-state index is 0.0712. The molecule has 0 fully saturated rings. The number of hydrogen-bond acceptors (Lipinski definition) is 5. The van der Waals surface area contributed by atoms with E-state index in [1.54, 1.807) is 24.3 Å². The Morgan fingerprint density at radius 2 is 2.17 bits per heavy atom. The normalized spacial score (nSPS) is 9.83. The summed E-state index contributed by atoms with van der Waals surface area (Å²) in [6.45, 7) is 0. The SMILES string of the molecule is COc1c(C#N)cccc1-c1cc(Cl)nc(N)n1. The number of aromatic nitrogens is 2. The van der Waals surface area contributed by atoms with Crippen LogP contribution in [0.15, 0.2) is 24.3 Å². The first-order chi connectivity index (χ1) is 8.65. The zero-order chi connectivity index (χ0) is 13.1. The topological polar surface area (TPSA) is 84.8 Å². The molecule has 18 heavy (non-hydrogen) atoms. The maximum Gasteiger partial charge on any atom is 0.221 e. The average molecular weight is 261 g/mol. The van der Waals surface area contributed by atoms with Crippen LogP contribution in [0.2, 0.25) is 5.15 Å². The van der Waals surface area contributed by atoms with Gasteiger partial charge in [-0.1, -0.05) is 17.7 Å². The molecule has 0 aliphatic heterocycles. The number of nitriles is 1. The molecule has 6 heteroatoms. The Hall–Kier alpha value is -2.32. The van der Waals surface area contributed by atoms with Gasteiger partial charge in [-0.2, -0.15) is 5.26 Å². The van der Waals surface area contributed by atoms with E-state index in [9.17, 15) is 0 Å². The van der Waals surface area contributed by atoms with E-state index in [1.165, 1.54) is 7.11 Å². The molecule has 0 amide bonds. The summed E-state index contributed by atoms with van der Waals surface area (Å²) in [4.78, 5) is 7.87. The van der Waals surface area contributed by atoms with Crippen molar-refractivity contribution >= 4 is 17.5 Å². The van der Waals surface area contributed by atoms with E-state index in [-0.39, 0.29) is 11.1 Å². The molecule has 90 valence electrons. The van der Waals surface area contributed by atoms with Crippen molar-refractivity contribution in [1.29, 1.82) is 5.26 Å². The number of nitrogens with two attached hydrogens (primary N) is 1. The Morgan fingerprint density at radius 3 is 2.78 bits per heavy atom. The molecular weight excluding hydrogens is 252 g/mol. The smallest absolute Gasteiger partial charge is 0.221 e. The van der Waals surface area contributed by atoms with E-state index in [0.717, 1.165) is 0 Å². The third-order valence-corrected chi connectivity index (χ3v) is 2.52. The van der Waals surface area contributed by atoms with Crippen molar-refractivity contribution in [1.82, 2.24) is 9.97 Å². The number of nitrogens with zero attached hydrogens (tertiary/aromatic N) is 3. The first kappa shape index (κ1) is 12.1. The molecule has 0 atom stereocenters. The minimum Gasteiger partial charge on any atom is -0.495 e. The Balaban J connectivity index is 2.67. The molecule has 0 unspecified atom stereocenters. The van der Waals surface area contributed by atoms with Crippen LogP contribution in [-0.4, -0.2) is 17.1 Å². The summed E-state index contributed by atoms with van der Waals surface area (Å²) in [5.74, 6) is 0.510. The number of halogens is 1. The van der Waals surface area contributed by atoms with Crippen LogP contribution in [0.1, 0.15) is 5.56 Å². The largest absolute Gasteiger partial charge is 0.495 e. The van der Waals surface area contributed by atoms with Gasteiger partial charge in [0.15, 0.2) is 0 Å². The van der Waals surface area contributed by atoms with Crippen molar-refractivity contribution in [2.24, 2.45) is 0 Å². The van der Waals surface area contributed by atoms with Crippen LogP contribution in [0.5, 0.6) is 5.75 Å². The summed E-state index contributed by atoms with van der Waals surface area (Å²) in [5, 5.41) is 9.25. The molecule has 2 N–H and O–H groups in total. The maximum absolute atomic E-state index is 9.02. The maximum atomic E-state index is 9.02. The van der Waals surface area contributed by atoms with Gasteiger partial charge in [0, 0.05) is 11.6 Å². The number of rotatable bonds is 2. The minimum atomic E-state index is 0.0712. The molecule has 0 bridgehead atoms. The van der Waals surface area contributed by atoms with Crippen LogP contribution < -0.4 is 10.5 Å². The van der Waals surface area contributed by atoms with E-state index < -0.39 is 0 Å². The number of anilines is 1. The zero-order valence-electron chi connectivity index (χ0n) is 9.51. The monoisotopic (exact) mass is 260 g/mol. The zero-order valence-corrected chi connectivity index (χ0v) is 10.3. The van der Waals surface area contributed by atoms with Gasteiger partial charge in [-0.3, -0.25) is 0 Å². The molecule has 0 radical (unpaired) electrons. The van der Waals surface area contributed by atoms with Gasteiger partial charge in [-0.25, -0.2) is 9.97 Å². The first-order valence-electron chi connectivity index (χ1n) is 5.03. The number of nitrogen functional groups attached to an aromatic ring is 1. The summed E-state index contributed by atoms with van der Waals surface area (Å²) >= 11 is 5.83. The second-order valence-electron chi connectivity index (χ2n) is 3.43. The number of ether oxygens (including phenoxy) is 1. The molecule has 0 saturated carbocycles. The first-order valence-corrected chi connectivity index (χ1v) is 5.41. The number of hydrogen-bond donors (Lipinski definition) is 1. The highest BCUT2D eigenvalue weighted by Crippen LogP contribution is 2.32. The third-order valence-electron chi connectivity index (χ3n) is 2.33. The fourth-order valence-electron chi connectivity index (χ4n) is 1.62. The quantitative estimate of drug-likeness (QED) is 0.837. The predicted molar refractivity (Wildman–Crippen MR) is 68.2 cm³/mol. The molecule has 0 saturated heterocycles. The second kappa shape index (κ2) is 4.90. The van der Waals surface area contributed by atoms with E-state index in [4.69, 9.17) is 27.3 Å². The standard InChI is InChI=1S/C12H9ClN4O/c1-18-11-7(6-14)3-2-4-8(11)9-5-10(13)17-12(15)16-9/h2-5H,1H3,(H2,15,16,17). The summed E-state index contributed by atoms with van der Waals surface area (Å²) in [6, 6.07) is 8.80. The fourth-order valence-corrected chi connectivity index (χ4v) is 1.81. The van der Waals surface area contributed by atoms with Gasteiger partial charge in [0.1, 0.15) is 17.0 Å². The van der Waals surface area contributed by atoms with Crippen molar-refractivity contribution in [2.45, 2.75) is 0 Å². The lowest BCUT2D eigenvalue weighted by Crippen LogP contribution is -1.98.